The zero-order valence-corrected chi connectivity index (χ0v) is 33.8. The fraction of sp³-hybridized carbons (Fsp3) is 0.111. The first-order chi connectivity index (χ1) is 26.4. The third kappa shape index (κ3) is 10.5. The van der Waals surface area contributed by atoms with Crippen LogP contribution in [0.25, 0.3) is 21.5 Å². The maximum Gasteiger partial charge on any atom is 2.00 e. The monoisotopic (exact) mass is 842 g/mol. The van der Waals surface area contributed by atoms with Crippen molar-refractivity contribution in [1.29, 1.82) is 0 Å². The van der Waals surface area contributed by atoms with E-state index < -0.39 is 30.0 Å². The Morgan fingerprint density at radius 2 is 0.895 bits per heavy atom. The first-order valence-corrected chi connectivity index (χ1v) is 19.1. The van der Waals surface area contributed by atoms with Gasteiger partial charge in [0, 0.05) is 22.9 Å². The molecule has 6 aromatic carbocycles. The van der Waals surface area contributed by atoms with E-state index in [4.69, 9.17) is 0 Å². The largest absolute Gasteiger partial charge is 2.00 e. The minimum absolute atomic E-state index is 0. The second-order valence-corrected chi connectivity index (χ2v) is 14.6. The van der Waals surface area contributed by atoms with Crippen LogP contribution in [0, 0.1) is 9.81 Å². The zero-order chi connectivity index (χ0) is 40.9. The third-order valence-electron chi connectivity index (χ3n) is 8.29. The first-order valence-electron chi connectivity index (χ1n) is 16.3. The number of phenolic OH excluding ortho intramolecular Hbond substituents is 2. The van der Waals surface area contributed by atoms with Crippen LogP contribution >= 0.6 is 0 Å². The van der Waals surface area contributed by atoms with Crippen molar-refractivity contribution in [1.82, 2.24) is 0 Å². The predicted molar refractivity (Wildman–Crippen MR) is 203 cm³/mol. The minimum Gasteiger partial charge on any atom is -0.744 e. The van der Waals surface area contributed by atoms with Crippen LogP contribution in [0.4, 0.5) is 34.1 Å². The quantitative estimate of drug-likeness (QED) is 0.0441. The molecule has 6 rings (SSSR count). The Kier molecular flexibility index (Phi) is 14.1. The van der Waals surface area contributed by atoms with E-state index in [0.717, 1.165) is 35.4 Å². The number of fused-ring (bicyclic) bond motifs is 2. The van der Waals surface area contributed by atoms with Crippen LogP contribution in [-0.4, -0.2) is 94.2 Å². The van der Waals surface area contributed by atoms with Crippen molar-refractivity contribution in [3.8, 4) is 11.5 Å². The van der Waals surface area contributed by atoms with Gasteiger partial charge in [-0.2, -0.15) is 0 Å². The van der Waals surface area contributed by atoms with Crippen LogP contribution in [-0.2, 0) is 33.1 Å². The van der Waals surface area contributed by atoms with E-state index in [-0.39, 0.29) is 104 Å². The van der Waals surface area contributed by atoms with Gasteiger partial charge in [0.1, 0.15) is 43.1 Å². The molecule has 0 spiro atoms. The molecule has 0 bridgehead atoms. The molecule has 21 heteroatoms. The van der Waals surface area contributed by atoms with Crippen LogP contribution in [0.15, 0.2) is 127 Å². The summed E-state index contributed by atoms with van der Waals surface area (Å²) >= 11 is 0. The molecule has 4 N–H and O–H groups in total. The second kappa shape index (κ2) is 18.2. The van der Waals surface area contributed by atoms with Gasteiger partial charge < -0.3 is 19.3 Å². The topological polar surface area (TPSA) is 285 Å². The summed E-state index contributed by atoms with van der Waals surface area (Å²) in [4.78, 5) is 21.0. The number of azo groups is 2. The van der Waals surface area contributed by atoms with Gasteiger partial charge >= 0.3 is 49.1 Å². The molecule has 0 aromatic heterocycles. The molecule has 0 saturated heterocycles. The maximum absolute atomic E-state index is 11.3. The predicted octanol–water partition coefficient (Wildman–Crippen LogP) is 8.07. The van der Waals surface area contributed by atoms with Crippen LogP contribution in [0.2, 0.25) is 0 Å². The van der Waals surface area contributed by atoms with Crippen molar-refractivity contribution in [2.45, 2.75) is 36.5 Å². The SMILES string of the molecule is CCc1ccc([N+](=O)O)c(N=Nc2c(O)ccc3ccc(S(=O)(=O)[O-])cc23)c1.CCc1ccc([N+](=O)O)c(N=Nc2c(O)ccc3ccc(S(=O)(=O)[O-])cc23)c1.[Ca+2]. The van der Waals surface area contributed by atoms with Gasteiger partial charge in [-0.25, -0.2) is 27.3 Å². The van der Waals surface area contributed by atoms with Gasteiger partial charge in [0.2, 0.25) is 0 Å². The Hall–Kier alpha value is -5.48. The van der Waals surface area contributed by atoms with E-state index in [1.807, 2.05) is 13.8 Å². The summed E-state index contributed by atoms with van der Waals surface area (Å²) in [5.41, 5.74) is 1.33. The van der Waals surface area contributed by atoms with Crippen molar-refractivity contribution < 1.29 is 56.4 Å². The summed E-state index contributed by atoms with van der Waals surface area (Å²) in [6.07, 6.45) is 1.30. The van der Waals surface area contributed by atoms with E-state index in [9.17, 15) is 56.4 Å². The van der Waals surface area contributed by atoms with Gasteiger partial charge in [0.05, 0.1) is 19.6 Å². The minimum atomic E-state index is -4.70. The summed E-state index contributed by atoms with van der Waals surface area (Å²) in [5, 5.41) is 56.0. The molecule has 57 heavy (non-hydrogen) atoms. The molecule has 0 aliphatic carbocycles. The number of aryl methyl sites for hydroxylation is 2. The van der Waals surface area contributed by atoms with Crippen molar-refractivity contribution in [2.75, 3.05) is 0 Å². The molecule has 0 unspecified atom stereocenters. The van der Waals surface area contributed by atoms with Crippen molar-refractivity contribution >= 4 is 114 Å². The Labute approximate surface area is 354 Å². The third-order valence-corrected chi connectivity index (χ3v) is 9.95. The number of benzene rings is 6. The Morgan fingerprint density at radius 1 is 0.544 bits per heavy atom. The van der Waals surface area contributed by atoms with Gasteiger partial charge in [-0.1, -0.05) is 50.2 Å². The molecule has 0 fully saturated rings. The number of hydrogen-bond donors (Lipinski definition) is 4. The van der Waals surface area contributed by atoms with Gasteiger partial charge in [0.15, 0.2) is 11.4 Å². The van der Waals surface area contributed by atoms with Gasteiger partial charge in [-0.3, -0.25) is 0 Å². The normalized spacial score (nSPS) is 11.7. The summed E-state index contributed by atoms with van der Waals surface area (Å²) in [5.74, 6) is -0.597. The molecule has 18 nitrogen and oxygen atoms in total. The van der Waals surface area contributed by atoms with E-state index >= 15 is 0 Å². The molecule has 0 saturated carbocycles. The van der Waals surface area contributed by atoms with Crippen LogP contribution in [0.5, 0.6) is 11.5 Å². The van der Waals surface area contributed by atoms with Crippen molar-refractivity contribution in [2.24, 2.45) is 20.5 Å². The molecule has 0 aliphatic rings. The van der Waals surface area contributed by atoms with E-state index in [1.165, 1.54) is 48.5 Å². The fourth-order valence-corrected chi connectivity index (χ4v) is 6.33. The molecule has 0 aliphatic heterocycles. The summed E-state index contributed by atoms with van der Waals surface area (Å²) < 4.78 is 67.8. The van der Waals surface area contributed by atoms with Crippen LogP contribution in [0.1, 0.15) is 25.0 Å². The summed E-state index contributed by atoms with van der Waals surface area (Å²) in [7, 11) is -9.41. The van der Waals surface area contributed by atoms with E-state index in [0.29, 0.717) is 23.6 Å². The number of phenols is 2. The zero-order valence-electron chi connectivity index (χ0n) is 29.9. The van der Waals surface area contributed by atoms with E-state index in [1.54, 1.807) is 24.3 Å². The molecule has 0 heterocycles. The molecule has 0 atom stereocenters. The molecule has 0 radical (unpaired) electrons. The summed E-state index contributed by atoms with van der Waals surface area (Å²) in [6.45, 7) is 3.79. The number of hydrogen-bond acceptors (Lipinski definition) is 14. The standard InChI is InChI=1S/2C18H15N3O6S.Ca/c2*1-2-11-3-7-16(21(23)24)15(9-11)19-20-18-14-10-13(28(25,26)27)6-4-12(14)5-8-17(18)22;/h2*3-10H,2H2,1H3,(H2-,19,22,23,24,25,26,27);/q;;+2. The van der Waals surface area contributed by atoms with Crippen LogP contribution < -0.4 is 0 Å². The Balaban J connectivity index is 0.000000248. The Morgan fingerprint density at radius 3 is 1.21 bits per heavy atom. The van der Waals surface area contributed by atoms with Gasteiger partial charge in [0.25, 0.3) is 9.85 Å². The smallest absolute Gasteiger partial charge is 0.744 e. The molecular weight excluding hydrogens is 813 g/mol. The second-order valence-electron chi connectivity index (χ2n) is 11.8. The average Bonchev–Trinajstić information content (AvgIpc) is 3.15. The first kappa shape index (κ1) is 44.2. The van der Waals surface area contributed by atoms with Crippen LogP contribution in [0.3, 0.4) is 0 Å². The summed E-state index contributed by atoms with van der Waals surface area (Å²) in [6, 6.07) is 22.2. The molecular formula is C36H30CaN6O12S2+2. The average molecular weight is 843 g/mol. The van der Waals surface area contributed by atoms with E-state index in [2.05, 4.69) is 20.5 Å². The Bertz CT molecular complexity index is 2640. The maximum atomic E-state index is 11.3. The molecule has 0 amide bonds. The number of aromatic hydroxyl groups is 2. The van der Waals surface area contributed by atoms with Gasteiger partial charge in [-0.05, 0) is 83.3 Å². The fourth-order valence-electron chi connectivity index (χ4n) is 5.33. The molecule has 6 aromatic rings. The number of nitrogens with zero attached hydrogens (tertiary/aromatic N) is 6. The van der Waals surface area contributed by atoms with Crippen molar-refractivity contribution in [3.05, 3.63) is 118 Å². The van der Waals surface area contributed by atoms with Crippen molar-refractivity contribution in [3.63, 3.8) is 0 Å². The molecule has 288 valence electrons. The van der Waals surface area contributed by atoms with Gasteiger partial charge in [-0.15, -0.1) is 20.5 Å². The number of rotatable bonds is 10.